The van der Waals surface area contributed by atoms with Gasteiger partial charge in [0, 0.05) is 42.0 Å². The lowest BCUT2D eigenvalue weighted by atomic mass is 10.1. The monoisotopic (exact) mass is 447 g/mol. The molecule has 2 aromatic heterocycles. The van der Waals surface area contributed by atoms with Gasteiger partial charge in [0.1, 0.15) is 11.9 Å². The van der Waals surface area contributed by atoms with Crippen LogP contribution in [0.5, 0.6) is 0 Å². The number of amides is 1. The van der Waals surface area contributed by atoms with Gasteiger partial charge < -0.3 is 9.32 Å². The first-order valence-corrected chi connectivity index (χ1v) is 11.9. The zero-order valence-corrected chi connectivity index (χ0v) is 18.0. The first kappa shape index (κ1) is 20.4. The van der Waals surface area contributed by atoms with E-state index in [2.05, 4.69) is 9.97 Å². The lowest BCUT2D eigenvalue weighted by Crippen LogP contribution is -2.42. The second-order valence-electron chi connectivity index (χ2n) is 7.86. The molecule has 0 unspecified atom stereocenters. The largest absolute Gasteiger partial charge is 0.464 e. The van der Waals surface area contributed by atoms with Crippen molar-refractivity contribution in [2.45, 2.75) is 23.0 Å². The van der Waals surface area contributed by atoms with Crippen molar-refractivity contribution >= 4 is 26.7 Å². The topological polar surface area (TPSA) is 93.4 Å². The number of sulfone groups is 1. The van der Waals surface area contributed by atoms with Crippen molar-refractivity contribution in [3.63, 3.8) is 0 Å². The van der Waals surface area contributed by atoms with Crippen molar-refractivity contribution < 1.29 is 17.6 Å². The van der Waals surface area contributed by atoms with Gasteiger partial charge in [-0.1, -0.05) is 12.1 Å². The average Bonchev–Trinajstić information content (AvgIpc) is 3.32. The summed E-state index contributed by atoms with van der Waals surface area (Å²) in [6.07, 6.45) is 7.25. The van der Waals surface area contributed by atoms with Crippen LogP contribution in [0.1, 0.15) is 23.2 Å². The van der Waals surface area contributed by atoms with Gasteiger partial charge in [-0.15, -0.1) is 0 Å². The van der Waals surface area contributed by atoms with Crippen molar-refractivity contribution in [1.82, 2.24) is 14.9 Å². The van der Waals surface area contributed by atoms with E-state index in [4.69, 9.17) is 4.42 Å². The Labute approximate surface area is 185 Å². The number of carbonyl (C=O) groups is 1. The third kappa shape index (κ3) is 3.78. The summed E-state index contributed by atoms with van der Waals surface area (Å²) in [6.45, 7) is 0.817. The number of fused-ring (bicyclic) bond motifs is 1. The SMILES string of the molecule is O=C(c1ccc2occc2c1)N1CCC(S(=O)(=O)c2ccc(-c3cncnc3)cc2)CC1. The molecule has 2 aromatic carbocycles. The predicted molar refractivity (Wildman–Crippen MR) is 120 cm³/mol. The van der Waals surface area contributed by atoms with Crippen LogP contribution in [0.25, 0.3) is 22.1 Å². The highest BCUT2D eigenvalue weighted by Gasteiger charge is 2.33. The molecule has 0 saturated carbocycles. The zero-order chi connectivity index (χ0) is 22.1. The molecule has 0 spiro atoms. The van der Waals surface area contributed by atoms with Crippen LogP contribution < -0.4 is 0 Å². The van der Waals surface area contributed by atoms with Gasteiger partial charge in [-0.2, -0.15) is 0 Å². The van der Waals surface area contributed by atoms with E-state index in [0.717, 1.165) is 22.1 Å². The normalized spacial score (nSPS) is 15.2. The van der Waals surface area contributed by atoms with Gasteiger partial charge in [-0.05, 0) is 54.8 Å². The molecule has 0 radical (unpaired) electrons. The van der Waals surface area contributed by atoms with E-state index < -0.39 is 15.1 Å². The van der Waals surface area contributed by atoms with E-state index in [0.29, 0.717) is 36.4 Å². The van der Waals surface area contributed by atoms with Gasteiger partial charge in [0.2, 0.25) is 0 Å². The molecule has 1 aliphatic heterocycles. The number of hydrogen-bond acceptors (Lipinski definition) is 6. The highest BCUT2D eigenvalue weighted by Crippen LogP contribution is 2.28. The Morgan fingerprint density at radius 2 is 1.66 bits per heavy atom. The first-order chi connectivity index (χ1) is 15.5. The van der Waals surface area contributed by atoms with Crippen LogP contribution in [-0.2, 0) is 9.84 Å². The average molecular weight is 448 g/mol. The molecule has 7 nitrogen and oxygen atoms in total. The Morgan fingerprint density at radius 1 is 0.938 bits per heavy atom. The summed E-state index contributed by atoms with van der Waals surface area (Å²) in [5, 5.41) is 0.368. The zero-order valence-electron chi connectivity index (χ0n) is 17.2. The van der Waals surface area contributed by atoms with Crippen LogP contribution in [0.15, 0.2) is 82.8 Å². The number of piperidine rings is 1. The maximum absolute atomic E-state index is 13.2. The lowest BCUT2D eigenvalue weighted by molar-refractivity contribution is 0.0726. The summed E-state index contributed by atoms with van der Waals surface area (Å²) in [5.41, 5.74) is 3.01. The number of aromatic nitrogens is 2. The quantitative estimate of drug-likeness (QED) is 0.470. The van der Waals surface area contributed by atoms with Crippen molar-refractivity contribution in [1.29, 1.82) is 0 Å². The summed E-state index contributed by atoms with van der Waals surface area (Å²) in [7, 11) is -3.48. The van der Waals surface area contributed by atoms with E-state index in [9.17, 15) is 13.2 Å². The molecule has 162 valence electrons. The number of likely N-dealkylation sites (tertiary alicyclic amines) is 1. The predicted octanol–water partition coefficient (Wildman–Crippen LogP) is 3.97. The molecule has 0 aliphatic carbocycles. The maximum Gasteiger partial charge on any atom is 0.253 e. The third-order valence-corrected chi connectivity index (χ3v) is 8.22. The molecule has 1 fully saturated rings. The fourth-order valence-corrected chi connectivity index (χ4v) is 5.86. The second-order valence-corrected chi connectivity index (χ2v) is 10.1. The number of nitrogens with zero attached hydrogens (tertiary/aromatic N) is 3. The van der Waals surface area contributed by atoms with E-state index in [-0.39, 0.29) is 5.91 Å². The van der Waals surface area contributed by atoms with Gasteiger partial charge in [0.25, 0.3) is 5.91 Å². The molecular formula is C24H21N3O4S. The Bertz CT molecular complexity index is 1360. The van der Waals surface area contributed by atoms with Gasteiger partial charge >= 0.3 is 0 Å². The van der Waals surface area contributed by atoms with E-state index in [1.165, 1.54) is 6.33 Å². The van der Waals surface area contributed by atoms with Crippen molar-refractivity contribution in [2.24, 2.45) is 0 Å². The number of benzene rings is 2. The van der Waals surface area contributed by atoms with E-state index in [1.54, 1.807) is 60.0 Å². The van der Waals surface area contributed by atoms with Crippen LogP contribution in [0.2, 0.25) is 0 Å². The summed E-state index contributed by atoms with van der Waals surface area (Å²) >= 11 is 0. The van der Waals surface area contributed by atoms with Gasteiger partial charge in [-0.3, -0.25) is 4.79 Å². The molecule has 32 heavy (non-hydrogen) atoms. The molecule has 0 bridgehead atoms. The number of furan rings is 1. The highest BCUT2D eigenvalue weighted by molar-refractivity contribution is 7.92. The molecule has 1 saturated heterocycles. The summed E-state index contributed by atoms with van der Waals surface area (Å²) < 4.78 is 31.6. The van der Waals surface area contributed by atoms with Crippen molar-refractivity contribution in [3.05, 3.63) is 79.1 Å². The third-order valence-electron chi connectivity index (χ3n) is 5.94. The van der Waals surface area contributed by atoms with Gasteiger partial charge in [0.05, 0.1) is 16.4 Å². The van der Waals surface area contributed by atoms with E-state index in [1.807, 2.05) is 12.1 Å². The number of hydrogen-bond donors (Lipinski definition) is 0. The molecular weight excluding hydrogens is 426 g/mol. The van der Waals surface area contributed by atoms with Crippen LogP contribution in [-0.4, -0.2) is 47.5 Å². The maximum atomic E-state index is 13.2. The van der Waals surface area contributed by atoms with Crippen molar-refractivity contribution in [2.75, 3.05) is 13.1 Å². The summed E-state index contributed by atoms with van der Waals surface area (Å²) in [4.78, 5) is 22.9. The molecule has 0 atom stereocenters. The first-order valence-electron chi connectivity index (χ1n) is 10.4. The minimum absolute atomic E-state index is 0.0848. The number of rotatable bonds is 4. The molecule has 8 heteroatoms. The molecule has 4 aromatic rings. The Balaban J connectivity index is 1.27. The van der Waals surface area contributed by atoms with Gasteiger partial charge in [-0.25, -0.2) is 18.4 Å². The summed E-state index contributed by atoms with van der Waals surface area (Å²) in [6, 6.07) is 14.0. The molecule has 5 rings (SSSR count). The van der Waals surface area contributed by atoms with Crippen LogP contribution >= 0.6 is 0 Å². The van der Waals surface area contributed by atoms with Crippen LogP contribution in [0.4, 0.5) is 0 Å². The molecule has 0 N–H and O–H groups in total. The smallest absolute Gasteiger partial charge is 0.253 e. The van der Waals surface area contributed by atoms with Crippen molar-refractivity contribution in [3.8, 4) is 11.1 Å². The molecule has 1 amide bonds. The number of carbonyl (C=O) groups excluding carboxylic acids is 1. The Morgan fingerprint density at radius 3 is 2.38 bits per heavy atom. The standard InChI is InChI=1S/C24H21N3O4S/c28-24(19-3-6-23-18(13-19)9-12-31-23)27-10-7-22(8-11-27)32(29,30)21-4-1-17(2-5-21)20-14-25-16-26-15-20/h1-6,9,12-16,22H,7-8,10-11H2. The highest BCUT2D eigenvalue weighted by atomic mass is 32.2. The Hall–Kier alpha value is -3.52. The minimum Gasteiger partial charge on any atom is -0.464 e. The molecule has 3 heterocycles. The van der Waals surface area contributed by atoms with Gasteiger partial charge in [0.15, 0.2) is 9.84 Å². The molecule has 1 aliphatic rings. The fourth-order valence-electron chi connectivity index (χ4n) is 4.13. The van der Waals surface area contributed by atoms with E-state index >= 15 is 0 Å². The fraction of sp³-hybridized carbons (Fsp3) is 0.208. The van der Waals surface area contributed by atoms with Crippen LogP contribution in [0, 0.1) is 0 Å². The lowest BCUT2D eigenvalue weighted by Gasteiger charge is -2.32. The Kier molecular flexibility index (Phi) is 5.22. The summed E-state index contributed by atoms with van der Waals surface area (Å²) in [5.74, 6) is -0.0848. The minimum atomic E-state index is -3.48. The van der Waals surface area contributed by atoms with Crippen LogP contribution in [0.3, 0.4) is 0 Å². The second kappa shape index (κ2) is 8.20.